The Labute approximate surface area is 177 Å². The van der Waals surface area contributed by atoms with Gasteiger partial charge in [-0.25, -0.2) is 9.97 Å². The number of benzene rings is 1. The molecule has 0 radical (unpaired) electrons. The van der Waals surface area contributed by atoms with Gasteiger partial charge < -0.3 is 15.0 Å². The summed E-state index contributed by atoms with van der Waals surface area (Å²) in [6.07, 6.45) is 5.45. The van der Waals surface area contributed by atoms with Crippen LogP contribution in [0.15, 0.2) is 24.3 Å². The molecule has 2 heterocycles. The second kappa shape index (κ2) is 8.97. The Kier molecular flexibility index (Phi) is 6.14. The summed E-state index contributed by atoms with van der Waals surface area (Å²) in [5.74, 6) is -0.655. The number of para-hydroxylation sites is 2. The molecule has 1 amide bonds. The summed E-state index contributed by atoms with van der Waals surface area (Å²) < 4.78 is 5.87. The minimum Gasteiger partial charge on any atom is -0.372 e. The van der Waals surface area contributed by atoms with Gasteiger partial charge in [-0.15, -0.1) is 0 Å². The van der Waals surface area contributed by atoms with Crippen LogP contribution in [0.25, 0.3) is 11.0 Å². The number of hydrogen-bond donors (Lipinski definition) is 1. The van der Waals surface area contributed by atoms with Crippen LogP contribution in [0, 0.1) is 11.3 Å². The number of fused-ring (bicyclic) bond motifs is 1. The predicted octanol–water partition coefficient (Wildman–Crippen LogP) is 3.30. The van der Waals surface area contributed by atoms with Gasteiger partial charge in [-0.1, -0.05) is 31.4 Å². The second-order valence-corrected chi connectivity index (χ2v) is 8.49. The third-order valence-electron chi connectivity index (χ3n) is 5.91. The molecule has 1 aliphatic carbocycles. The number of anilines is 1. The molecular weight excluding hydrogens is 378 g/mol. The highest BCUT2D eigenvalue weighted by Gasteiger charge is 2.32. The Bertz CT molecular complexity index is 940. The number of aromatic nitrogens is 2. The molecule has 4 rings (SSSR count). The number of amides is 1. The van der Waals surface area contributed by atoms with Crippen LogP contribution >= 0.6 is 0 Å². The minimum atomic E-state index is -0.993. The molecule has 158 valence electrons. The quantitative estimate of drug-likeness (QED) is 0.836. The third-order valence-corrected chi connectivity index (χ3v) is 5.91. The molecule has 2 aromatic rings. The van der Waals surface area contributed by atoms with Gasteiger partial charge >= 0.3 is 0 Å². The molecule has 7 nitrogen and oxygen atoms in total. The fraction of sp³-hybridized carbons (Fsp3) is 0.565. The van der Waals surface area contributed by atoms with Crippen molar-refractivity contribution in [3.8, 4) is 6.07 Å². The molecule has 0 unspecified atom stereocenters. The average Bonchev–Trinajstić information content (AvgIpc) is 2.74. The Hall–Kier alpha value is -2.72. The van der Waals surface area contributed by atoms with Gasteiger partial charge in [0.05, 0.1) is 29.3 Å². The normalized spacial score (nSPS) is 23.7. The summed E-state index contributed by atoms with van der Waals surface area (Å²) in [6, 6.07) is 9.93. The lowest BCUT2D eigenvalue weighted by molar-refractivity contribution is -0.122. The van der Waals surface area contributed by atoms with E-state index in [1.165, 1.54) is 6.42 Å². The van der Waals surface area contributed by atoms with Gasteiger partial charge in [0.15, 0.2) is 11.7 Å². The van der Waals surface area contributed by atoms with Gasteiger partial charge in [0, 0.05) is 19.1 Å². The zero-order valence-corrected chi connectivity index (χ0v) is 17.7. The minimum absolute atomic E-state index is 0.0338. The van der Waals surface area contributed by atoms with Gasteiger partial charge in [-0.3, -0.25) is 4.79 Å². The van der Waals surface area contributed by atoms with E-state index in [2.05, 4.69) is 16.3 Å². The van der Waals surface area contributed by atoms with Crippen LogP contribution in [-0.4, -0.2) is 47.2 Å². The first kappa shape index (κ1) is 20.5. The van der Waals surface area contributed by atoms with Crippen LogP contribution in [0.3, 0.4) is 0 Å². The van der Waals surface area contributed by atoms with Crippen molar-refractivity contribution in [2.24, 2.45) is 0 Å². The highest BCUT2D eigenvalue weighted by molar-refractivity contribution is 5.89. The molecule has 1 N–H and O–H groups in total. The van der Waals surface area contributed by atoms with Gasteiger partial charge in [0.2, 0.25) is 5.91 Å². The van der Waals surface area contributed by atoms with Crippen LogP contribution in [0.2, 0.25) is 0 Å². The van der Waals surface area contributed by atoms with Crippen LogP contribution in [0.5, 0.6) is 0 Å². The molecule has 30 heavy (non-hydrogen) atoms. The van der Waals surface area contributed by atoms with Gasteiger partial charge in [-0.2, -0.15) is 5.26 Å². The van der Waals surface area contributed by atoms with Crippen molar-refractivity contribution in [1.82, 2.24) is 15.3 Å². The van der Waals surface area contributed by atoms with E-state index in [-0.39, 0.29) is 24.2 Å². The lowest BCUT2D eigenvalue weighted by Gasteiger charge is -2.37. The van der Waals surface area contributed by atoms with E-state index < -0.39 is 5.92 Å². The first-order valence-electron chi connectivity index (χ1n) is 10.9. The molecule has 1 aliphatic heterocycles. The third kappa shape index (κ3) is 4.39. The summed E-state index contributed by atoms with van der Waals surface area (Å²) >= 11 is 0. The molecule has 2 fully saturated rings. The first-order chi connectivity index (χ1) is 14.5. The van der Waals surface area contributed by atoms with E-state index in [1.807, 2.05) is 38.1 Å². The number of nitrogens with one attached hydrogen (secondary N) is 1. The van der Waals surface area contributed by atoms with Crippen LogP contribution < -0.4 is 10.2 Å². The molecule has 3 atom stereocenters. The SMILES string of the molecule is C[C@@H]1CN(c2nc3ccccc3nc2[C@H](C#N)C(=O)NC2CCCCC2)C[C@@H](C)O1. The van der Waals surface area contributed by atoms with E-state index in [1.54, 1.807) is 0 Å². The van der Waals surface area contributed by atoms with Crippen molar-refractivity contribution >= 4 is 22.8 Å². The number of morpholine rings is 1. The van der Waals surface area contributed by atoms with Crippen molar-refractivity contribution < 1.29 is 9.53 Å². The Balaban J connectivity index is 1.71. The monoisotopic (exact) mass is 407 g/mol. The summed E-state index contributed by atoms with van der Waals surface area (Å²) in [6.45, 7) is 5.34. The summed E-state index contributed by atoms with van der Waals surface area (Å²) in [5.41, 5.74) is 1.88. The van der Waals surface area contributed by atoms with E-state index in [4.69, 9.17) is 14.7 Å². The summed E-state index contributed by atoms with van der Waals surface area (Å²) in [5, 5.41) is 13.0. The highest BCUT2D eigenvalue weighted by atomic mass is 16.5. The maximum atomic E-state index is 13.1. The van der Waals surface area contributed by atoms with E-state index in [9.17, 15) is 10.1 Å². The largest absolute Gasteiger partial charge is 0.372 e. The molecule has 1 aromatic heterocycles. The fourth-order valence-corrected chi connectivity index (χ4v) is 4.56. The zero-order chi connectivity index (χ0) is 21.1. The number of nitriles is 1. The van der Waals surface area contributed by atoms with Gasteiger partial charge in [0.25, 0.3) is 0 Å². The standard InChI is InChI=1S/C23H29N5O2/c1-15-13-28(14-16(2)30-15)22-21(26-19-10-6-7-11-20(19)27-22)18(12-24)23(29)25-17-8-4-3-5-9-17/h6-7,10-11,15-18H,3-5,8-9,13-14H2,1-2H3,(H,25,29)/t15-,16-,18+/m1/s1. The molecule has 7 heteroatoms. The van der Waals surface area contributed by atoms with Crippen molar-refractivity contribution in [1.29, 1.82) is 5.26 Å². The predicted molar refractivity (Wildman–Crippen MR) is 115 cm³/mol. The first-order valence-corrected chi connectivity index (χ1v) is 10.9. The molecule has 2 aliphatic rings. The van der Waals surface area contributed by atoms with Crippen molar-refractivity contribution in [2.75, 3.05) is 18.0 Å². The van der Waals surface area contributed by atoms with Crippen LogP contribution in [0.1, 0.15) is 57.6 Å². The number of carbonyl (C=O) groups is 1. The molecular formula is C23H29N5O2. The van der Waals surface area contributed by atoms with E-state index in [0.29, 0.717) is 30.1 Å². The van der Waals surface area contributed by atoms with E-state index in [0.717, 1.165) is 31.2 Å². The number of ether oxygens (including phenoxy) is 1. The number of rotatable bonds is 4. The molecule has 0 bridgehead atoms. The number of hydrogen-bond acceptors (Lipinski definition) is 6. The van der Waals surface area contributed by atoms with Gasteiger partial charge in [-0.05, 0) is 38.8 Å². The zero-order valence-electron chi connectivity index (χ0n) is 17.7. The van der Waals surface area contributed by atoms with Crippen molar-refractivity contribution in [3.63, 3.8) is 0 Å². The lowest BCUT2D eigenvalue weighted by Crippen LogP contribution is -2.47. The average molecular weight is 408 g/mol. The fourth-order valence-electron chi connectivity index (χ4n) is 4.56. The number of carbonyl (C=O) groups excluding carboxylic acids is 1. The maximum Gasteiger partial charge on any atom is 0.243 e. The summed E-state index contributed by atoms with van der Waals surface area (Å²) in [7, 11) is 0. The van der Waals surface area contributed by atoms with E-state index >= 15 is 0 Å². The van der Waals surface area contributed by atoms with Crippen molar-refractivity contribution in [2.45, 2.75) is 70.1 Å². The molecule has 1 saturated heterocycles. The molecule has 1 aromatic carbocycles. The smallest absolute Gasteiger partial charge is 0.243 e. The van der Waals surface area contributed by atoms with Crippen LogP contribution in [-0.2, 0) is 9.53 Å². The Morgan fingerprint density at radius 3 is 2.40 bits per heavy atom. The van der Waals surface area contributed by atoms with Gasteiger partial charge in [0.1, 0.15) is 5.69 Å². The topological polar surface area (TPSA) is 91.1 Å². The maximum absolute atomic E-state index is 13.1. The second-order valence-electron chi connectivity index (χ2n) is 8.49. The molecule has 1 saturated carbocycles. The number of nitrogens with zero attached hydrogens (tertiary/aromatic N) is 4. The lowest BCUT2D eigenvalue weighted by atomic mass is 9.94. The van der Waals surface area contributed by atoms with Crippen molar-refractivity contribution in [3.05, 3.63) is 30.0 Å². The summed E-state index contributed by atoms with van der Waals surface area (Å²) in [4.78, 5) is 24.8. The Morgan fingerprint density at radius 2 is 1.77 bits per heavy atom. The van der Waals surface area contributed by atoms with Crippen LogP contribution in [0.4, 0.5) is 5.82 Å². The highest BCUT2D eigenvalue weighted by Crippen LogP contribution is 2.30. The Morgan fingerprint density at radius 1 is 1.13 bits per heavy atom. The molecule has 0 spiro atoms.